The lowest BCUT2D eigenvalue weighted by Crippen LogP contribution is -2.25. The Bertz CT molecular complexity index is 1340. The Morgan fingerprint density at radius 3 is 2.30 bits per heavy atom. The minimum atomic E-state index is -4.38. The fraction of sp³-hybridized carbons (Fsp3) is 0.303. The number of allylic oxidation sites excluding steroid dienone is 3. The summed E-state index contributed by atoms with van der Waals surface area (Å²) in [5.41, 5.74) is 7.23. The van der Waals surface area contributed by atoms with Crippen LogP contribution in [0.5, 0.6) is 0 Å². The number of benzene rings is 3. The van der Waals surface area contributed by atoms with Crippen molar-refractivity contribution in [2.24, 2.45) is 5.92 Å². The molecule has 0 spiro atoms. The van der Waals surface area contributed by atoms with Gasteiger partial charge in [0.1, 0.15) is 0 Å². The fourth-order valence-electron chi connectivity index (χ4n) is 4.29. The van der Waals surface area contributed by atoms with Crippen LogP contribution in [0.1, 0.15) is 53.6 Å². The predicted molar refractivity (Wildman–Crippen MR) is 158 cm³/mol. The summed E-state index contributed by atoms with van der Waals surface area (Å²) in [7, 11) is 0. The normalized spacial score (nSPS) is 14.0. The molecule has 0 bridgehead atoms. The summed E-state index contributed by atoms with van der Waals surface area (Å²) in [4.78, 5) is 10.7. The Morgan fingerprint density at radius 2 is 1.65 bits per heavy atom. The molecular formula is C33H38F3N3O. The van der Waals surface area contributed by atoms with Gasteiger partial charge in [-0.25, -0.2) is 0 Å². The molecule has 3 N–H and O–H groups in total. The van der Waals surface area contributed by atoms with Gasteiger partial charge in [-0.1, -0.05) is 54.6 Å². The van der Waals surface area contributed by atoms with Crippen molar-refractivity contribution in [2.45, 2.75) is 52.8 Å². The molecule has 1 fully saturated rings. The molecule has 1 saturated carbocycles. The molecule has 3 aromatic rings. The minimum absolute atomic E-state index is 0.156. The van der Waals surface area contributed by atoms with Gasteiger partial charge in [0.2, 0.25) is 6.41 Å². The molecule has 1 amide bonds. The molecule has 1 aliphatic carbocycles. The second-order valence-corrected chi connectivity index (χ2v) is 10.4. The van der Waals surface area contributed by atoms with Crippen molar-refractivity contribution in [2.75, 3.05) is 17.2 Å². The zero-order chi connectivity index (χ0) is 29.3. The van der Waals surface area contributed by atoms with Gasteiger partial charge in [-0.15, -0.1) is 0 Å². The van der Waals surface area contributed by atoms with Crippen LogP contribution in [0.4, 0.5) is 24.5 Å². The molecule has 3 aromatic carbocycles. The quantitative estimate of drug-likeness (QED) is 0.176. The average molecular weight is 550 g/mol. The number of hydrogen-bond acceptors (Lipinski definition) is 3. The lowest BCUT2D eigenvalue weighted by atomic mass is 9.93. The van der Waals surface area contributed by atoms with Crippen molar-refractivity contribution in [1.82, 2.24) is 5.32 Å². The van der Waals surface area contributed by atoms with E-state index in [0.717, 1.165) is 41.9 Å². The van der Waals surface area contributed by atoms with E-state index >= 15 is 0 Å². The number of halogens is 3. The molecule has 4 nitrogen and oxygen atoms in total. The van der Waals surface area contributed by atoms with E-state index < -0.39 is 11.7 Å². The summed E-state index contributed by atoms with van der Waals surface area (Å²) in [5.74, 6) is 0.818. The van der Waals surface area contributed by atoms with Crippen LogP contribution >= 0.6 is 0 Å². The Balaban J connectivity index is 0.000000232. The van der Waals surface area contributed by atoms with Gasteiger partial charge in [-0.05, 0) is 106 Å². The van der Waals surface area contributed by atoms with E-state index in [1.807, 2.05) is 37.3 Å². The Morgan fingerprint density at radius 1 is 0.975 bits per heavy atom. The van der Waals surface area contributed by atoms with Gasteiger partial charge in [0.15, 0.2) is 0 Å². The Kier molecular flexibility index (Phi) is 10.7. The van der Waals surface area contributed by atoms with E-state index in [9.17, 15) is 18.0 Å². The molecule has 0 aliphatic heterocycles. The molecule has 0 heterocycles. The monoisotopic (exact) mass is 549 g/mol. The van der Waals surface area contributed by atoms with Crippen molar-refractivity contribution >= 4 is 17.8 Å². The summed E-state index contributed by atoms with van der Waals surface area (Å²) in [6.07, 6.45) is 0.0000516. The summed E-state index contributed by atoms with van der Waals surface area (Å²) in [6.45, 7) is 11.8. The number of amides is 1. The summed E-state index contributed by atoms with van der Waals surface area (Å²) in [6, 6.07) is 22.3. The number of nitrogens with one attached hydrogen (secondary N) is 3. The van der Waals surface area contributed by atoms with E-state index in [1.165, 1.54) is 35.1 Å². The van der Waals surface area contributed by atoms with Crippen molar-refractivity contribution in [3.63, 3.8) is 0 Å². The molecule has 0 radical (unpaired) electrons. The second-order valence-electron chi connectivity index (χ2n) is 10.4. The highest BCUT2D eigenvalue weighted by Gasteiger charge is 2.30. The molecule has 1 atom stereocenters. The maximum Gasteiger partial charge on any atom is 0.415 e. The van der Waals surface area contributed by atoms with Gasteiger partial charge in [-0.2, -0.15) is 13.2 Å². The molecule has 1 unspecified atom stereocenters. The number of anilines is 2. The zero-order valence-corrected chi connectivity index (χ0v) is 23.5. The van der Waals surface area contributed by atoms with Crippen molar-refractivity contribution < 1.29 is 18.0 Å². The third kappa shape index (κ3) is 9.72. The van der Waals surface area contributed by atoms with E-state index in [-0.39, 0.29) is 6.04 Å². The molecule has 212 valence electrons. The van der Waals surface area contributed by atoms with E-state index in [1.54, 1.807) is 13.0 Å². The largest absolute Gasteiger partial charge is 0.415 e. The minimum Gasteiger partial charge on any atom is -0.359 e. The highest BCUT2D eigenvalue weighted by atomic mass is 19.4. The summed E-state index contributed by atoms with van der Waals surface area (Å²) in [5, 5.41) is 9.37. The third-order valence-electron chi connectivity index (χ3n) is 6.61. The lowest BCUT2D eigenvalue weighted by molar-refractivity contribution is -0.105. The molecule has 7 heteroatoms. The fourth-order valence-corrected chi connectivity index (χ4v) is 4.29. The van der Waals surface area contributed by atoms with E-state index in [2.05, 4.69) is 66.7 Å². The van der Waals surface area contributed by atoms with Crippen LogP contribution in [-0.4, -0.2) is 19.1 Å². The number of alkyl halides is 3. The highest BCUT2D eigenvalue weighted by molar-refractivity contribution is 5.71. The van der Waals surface area contributed by atoms with Gasteiger partial charge in [0.25, 0.3) is 0 Å². The topological polar surface area (TPSA) is 53.2 Å². The van der Waals surface area contributed by atoms with Gasteiger partial charge < -0.3 is 16.0 Å². The highest BCUT2D eigenvalue weighted by Crippen LogP contribution is 2.32. The van der Waals surface area contributed by atoms with Crippen molar-refractivity contribution in [3.8, 4) is 0 Å². The van der Waals surface area contributed by atoms with Crippen LogP contribution in [0, 0.1) is 26.7 Å². The smallest absolute Gasteiger partial charge is 0.359 e. The predicted octanol–water partition coefficient (Wildman–Crippen LogP) is 8.39. The van der Waals surface area contributed by atoms with Gasteiger partial charge in [0, 0.05) is 17.1 Å². The first kappa shape index (κ1) is 30.7. The Labute approximate surface area is 235 Å². The number of aryl methyl sites for hydroxylation is 3. The van der Waals surface area contributed by atoms with Crippen LogP contribution in [-0.2, 0) is 4.79 Å². The van der Waals surface area contributed by atoms with Gasteiger partial charge >= 0.3 is 6.18 Å². The number of rotatable bonds is 10. The molecule has 0 aromatic heterocycles. The maximum atomic E-state index is 12.2. The number of carbonyl (C=O) groups excluding carboxylic acids is 1. The summed E-state index contributed by atoms with van der Waals surface area (Å²) >= 11 is 0. The van der Waals surface area contributed by atoms with Crippen LogP contribution in [0.3, 0.4) is 0 Å². The number of carbonyl (C=O) groups is 1. The first-order valence-electron chi connectivity index (χ1n) is 13.3. The summed E-state index contributed by atoms with van der Waals surface area (Å²) < 4.78 is 36.7. The van der Waals surface area contributed by atoms with E-state index in [4.69, 9.17) is 0 Å². The van der Waals surface area contributed by atoms with Crippen LogP contribution in [0.25, 0.3) is 0 Å². The van der Waals surface area contributed by atoms with Gasteiger partial charge in [0.05, 0.1) is 11.6 Å². The molecule has 0 saturated heterocycles. The second kappa shape index (κ2) is 14.0. The number of hydrogen-bond donors (Lipinski definition) is 3. The van der Waals surface area contributed by atoms with Crippen molar-refractivity contribution in [3.05, 3.63) is 118 Å². The molecular weight excluding hydrogens is 511 g/mol. The zero-order valence-electron chi connectivity index (χ0n) is 23.5. The molecule has 4 rings (SSSR count). The first-order chi connectivity index (χ1) is 19.0. The molecule has 40 heavy (non-hydrogen) atoms. The first-order valence-corrected chi connectivity index (χ1v) is 13.3. The van der Waals surface area contributed by atoms with E-state index in [0.29, 0.717) is 5.70 Å². The average Bonchev–Trinajstić information content (AvgIpc) is 3.71. The molecule has 1 aliphatic rings. The van der Waals surface area contributed by atoms with Crippen LogP contribution in [0.2, 0.25) is 0 Å². The Hall–Kier alpha value is -3.84. The SMILES string of the molecule is C=C(/C=C(/C)Nc1cccc(C)c1)C(F)(F)F.Cc1ccc(C)c(C(NCC2CC2)c2cccc(NC=O)c2)c1. The lowest BCUT2D eigenvalue weighted by Gasteiger charge is -2.23. The third-order valence-corrected chi connectivity index (χ3v) is 6.61. The van der Waals surface area contributed by atoms with Gasteiger partial charge in [-0.3, -0.25) is 4.79 Å². The van der Waals surface area contributed by atoms with Crippen LogP contribution < -0.4 is 16.0 Å². The van der Waals surface area contributed by atoms with Crippen LogP contribution in [0.15, 0.2) is 90.7 Å². The van der Waals surface area contributed by atoms with Crippen molar-refractivity contribution in [1.29, 1.82) is 0 Å². The maximum absolute atomic E-state index is 12.2. The standard InChI is InChI=1S/C20H24N2O.C13H14F3N/c1-14-6-7-15(2)19(10-14)20(21-12-16-8-9-16)17-4-3-5-18(11-17)22-13-23;1-9-5-4-6-12(7-9)17-11(3)8-10(2)13(14,15)16/h3-7,10-11,13,16,20-21H,8-9,12H2,1-2H3,(H,22,23);4-8,17H,2H2,1,3H3/b;11-8-.